The van der Waals surface area contributed by atoms with Gasteiger partial charge in [-0.05, 0) is 11.4 Å². The fraction of sp³-hybridized carbons (Fsp3) is 0.222. The summed E-state index contributed by atoms with van der Waals surface area (Å²) in [6.07, 6.45) is 1.76. The van der Waals surface area contributed by atoms with Crippen LogP contribution in [0.15, 0.2) is 17.6 Å². The molecule has 0 amide bonds. The average molecular weight is 214 g/mol. The standard InChI is InChI=1S/C9H8ClNOS/c1-12-5-6-4-11-7-2-3-13-9(7)8(6)10/h2-4H,5H2,1H3. The van der Waals surface area contributed by atoms with E-state index in [1.54, 1.807) is 24.6 Å². The van der Waals surface area contributed by atoms with E-state index in [4.69, 9.17) is 16.3 Å². The fourth-order valence-corrected chi connectivity index (χ4v) is 2.32. The second-order valence-electron chi connectivity index (χ2n) is 2.67. The van der Waals surface area contributed by atoms with Crippen LogP contribution in [0.5, 0.6) is 0 Å². The van der Waals surface area contributed by atoms with E-state index < -0.39 is 0 Å². The van der Waals surface area contributed by atoms with Crippen molar-refractivity contribution >= 4 is 33.2 Å². The molecule has 0 fully saturated rings. The van der Waals surface area contributed by atoms with Crippen LogP contribution >= 0.6 is 22.9 Å². The molecule has 0 atom stereocenters. The predicted octanol–water partition coefficient (Wildman–Crippen LogP) is 3.10. The Balaban J connectivity index is 2.59. The minimum absolute atomic E-state index is 0.514. The summed E-state index contributed by atoms with van der Waals surface area (Å²) in [4.78, 5) is 4.27. The van der Waals surface area contributed by atoms with Gasteiger partial charge in [-0.15, -0.1) is 11.3 Å². The maximum atomic E-state index is 6.15. The molecular weight excluding hydrogens is 206 g/mol. The quantitative estimate of drug-likeness (QED) is 0.765. The summed E-state index contributed by atoms with van der Waals surface area (Å²) in [5.74, 6) is 0. The lowest BCUT2D eigenvalue weighted by molar-refractivity contribution is 0.185. The third kappa shape index (κ3) is 1.55. The molecule has 0 unspecified atom stereocenters. The Kier molecular flexibility index (Phi) is 2.49. The number of methoxy groups -OCH3 is 1. The molecule has 2 aromatic heterocycles. The fourth-order valence-electron chi connectivity index (χ4n) is 1.17. The highest BCUT2D eigenvalue weighted by Gasteiger charge is 2.06. The Bertz CT molecular complexity index is 426. The van der Waals surface area contributed by atoms with Crippen LogP contribution < -0.4 is 0 Å². The maximum absolute atomic E-state index is 6.15. The Labute approximate surface area is 85.1 Å². The highest BCUT2D eigenvalue weighted by molar-refractivity contribution is 7.17. The smallest absolute Gasteiger partial charge is 0.0825 e. The first-order valence-electron chi connectivity index (χ1n) is 3.82. The van der Waals surface area contributed by atoms with Crippen molar-refractivity contribution < 1.29 is 4.74 Å². The number of aromatic nitrogens is 1. The summed E-state index contributed by atoms with van der Waals surface area (Å²) < 4.78 is 6.05. The van der Waals surface area contributed by atoms with E-state index in [0.29, 0.717) is 6.61 Å². The van der Waals surface area contributed by atoms with Crippen molar-refractivity contribution in [1.29, 1.82) is 0 Å². The van der Waals surface area contributed by atoms with Gasteiger partial charge >= 0.3 is 0 Å². The van der Waals surface area contributed by atoms with Crippen LogP contribution in [0.4, 0.5) is 0 Å². The van der Waals surface area contributed by atoms with E-state index in [2.05, 4.69) is 4.98 Å². The summed E-state index contributed by atoms with van der Waals surface area (Å²) in [7, 11) is 1.65. The van der Waals surface area contributed by atoms with Crippen molar-refractivity contribution in [3.8, 4) is 0 Å². The predicted molar refractivity (Wildman–Crippen MR) is 55.3 cm³/mol. The number of ether oxygens (including phenoxy) is 1. The minimum Gasteiger partial charge on any atom is -0.380 e. The summed E-state index contributed by atoms with van der Waals surface area (Å²) in [6, 6.07) is 1.96. The van der Waals surface area contributed by atoms with Crippen molar-refractivity contribution in [2.75, 3.05) is 7.11 Å². The number of pyridine rings is 1. The molecule has 0 bridgehead atoms. The van der Waals surface area contributed by atoms with Gasteiger partial charge < -0.3 is 4.74 Å². The lowest BCUT2D eigenvalue weighted by Gasteiger charge is -2.02. The highest BCUT2D eigenvalue weighted by Crippen LogP contribution is 2.30. The van der Waals surface area contributed by atoms with Crippen molar-refractivity contribution in [3.05, 3.63) is 28.2 Å². The van der Waals surface area contributed by atoms with E-state index in [1.165, 1.54) is 0 Å². The third-order valence-corrected chi connectivity index (χ3v) is 3.25. The zero-order valence-electron chi connectivity index (χ0n) is 7.08. The zero-order chi connectivity index (χ0) is 9.26. The molecule has 0 N–H and O–H groups in total. The van der Waals surface area contributed by atoms with Gasteiger partial charge in [0.2, 0.25) is 0 Å². The van der Waals surface area contributed by atoms with Gasteiger partial charge in [-0.3, -0.25) is 4.98 Å². The molecule has 2 aromatic rings. The zero-order valence-corrected chi connectivity index (χ0v) is 8.65. The molecule has 0 aliphatic carbocycles. The summed E-state index contributed by atoms with van der Waals surface area (Å²) >= 11 is 7.76. The van der Waals surface area contributed by atoms with Crippen molar-refractivity contribution in [1.82, 2.24) is 4.98 Å². The van der Waals surface area contributed by atoms with Gasteiger partial charge in [-0.25, -0.2) is 0 Å². The van der Waals surface area contributed by atoms with Gasteiger partial charge in [0.15, 0.2) is 0 Å². The van der Waals surface area contributed by atoms with Crippen molar-refractivity contribution in [3.63, 3.8) is 0 Å². The molecule has 0 radical (unpaired) electrons. The van der Waals surface area contributed by atoms with Gasteiger partial charge in [0.05, 0.1) is 21.8 Å². The number of thiophene rings is 1. The van der Waals surface area contributed by atoms with Crippen LogP contribution in [0.1, 0.15) is 5.56 Å². The van der Waals surface area contributed by atoms with Crippen LogP contribution in [0.2, 0.25) is 5.02 Å². The summed E-state index contributed by atoms with van der Waals surface area (Å²) in [5.41, 5.74) is 1.90. The molecule has 68 valence electrons. The van der Waals surface area contributed by atoms with Gasteiger partial charge in [0.1, 0.15) is 0 Å². The first-order valence-corrected chi connectivity index (χ1v) is 5.08. The second kappa shape index (κ2) is 3.62. The molecule has 4 heteroatoms. The SMILES string of the molecule is COCc1cnc2ccsc2c1Cl. The van der Waals surface area contributed by atoms with Crippen LogP contribution in [-0.2, 0) is 11.3 Å². The molecule has 2 nitrogen and oxygen atoms in total. The normalized spacial score (nSPS) is 10.9. The first-order chi connectivity index (χ1) is 6.33. The van der Waals surface area contributed by atoms with E-state index in [9.17, 15) is 0 Å². The molecule has 2 rings (SSSR count). The lowest BCUT2D eigenvalue weighted by Crippen LogP contribution is -1.90. The van der Waals surface area contributed by atoms with Crippen molar-refractivity contribution in [2.24, 2.45) is 0 Å². The monoisotopic (exact) mass is 213 g/mol. The topological polar surface area (TPSA) is 22.1 Å². The molecule has 0 aliphatic rings. The minimum atomic E-state index is 0.514. The molecular formula is C9H8ClNOS. The van der Waals surface area contributed by atoms with Crippen LogP contribution in [-0.4, -0.2) is 12.1 Å². The van der Waals surface area contributed by atoms with E-state index in [1.807, 2.05) is 11.4 Å². The van der Waals surface area contributed by atoms with Gasteiger partial charge in [-0.2, -0.15) is 0 Å². The van der Waals surface area contributed by atoms with Gasteiger partial charge in [0.25, 0.3) is 0 Å². The largest absolute Gasteiger partial charge is 0.380 e. The number of nitrogens with zero attached hydrogens (tertiary/aromatic N) is 1. The van der Waals surface area contributed by atoms with Crippen LogP contribution in [0.25, 0.3) is 10.2 Å². The number of fused-ring (bicyclic) bond motifs is 1. The molecule has 0 aromatic carbocycles. The third-order valence-electron chi connectivity index (χ3n) is 1.79. The van der Waals surface area contributed by atoms with E-state index >= 15 is 0 Å². The van der Waals surface area contributed by atoms with Gasteiger partial charge in [0, 0.05) is 18.9 Å². The Morgan fingerprint density at radius 1 is 1.62 bits per heavy atom. The molecule has 2 heterocycles. The number of rotatable bonds is 2. The van der Waals surface area contributed by atoms with Gasteiger partial charge in [-0.1, -0.05) is 11.6 Å². The first kappa shape index (κ1) is 8.94. The summed E-state index contributed by atoms with van der Waals surface area (Å²) in [6.45, 7) is 0.514. The van der Waals surface area contributed by atoms with Crippen LogP contribution in [0, 0.1) is 0 Å². The number of halogens is 1. The maximum Gasteiger partial charge on any atom is 0.0825 e. The molecule has 0 spiro atoms. The highest BCUT2D eigenvalue weighted by atomic mass is 35.5. The Hall–Kier alpha value is -0.640. The second-order valence-corrected chi connectivity index (χ2v) is 3.96. The number of hydrogen-bond donors (Lipinski definition) is 0. The number of hydrogen-bond acceptors (Lipinski definition) is 3. The van der Waals surface area contributed by atoms with Crippen LogP contribution in [0.3, 0.4) is 0 Å². The molecule has 13 heavy (non-hydrogen) atoms. The average Bonchev–Trinajstić information content (AvgIpc) is 2.58. The lowest BCUT2D eigenvalue weighted by atomic mass is 10.3. The molecule has 0 saturated carbocycles. The Morgan fingerprint density at radius 2 is 2.46 bits per heavy atom. The van der Waals surface area contributed by atoms with E-state index in [-0.39, 0.29) is 0 Å². The molecule has 0 aliphatic heterocycles. The molecule has 0 saturated heterocycles. The Morgan fingerprint density at radius 3 is 3.23 bits per heavy atom. The van der Waals surface area contributed by atoms with Crippen molar-refractivity contribution in [2.45, 2.75) is 6.61 Å². The summed E-state index contributed by atoms with van der Waals surface area (Å²) in [5, 5.41) is 2.75. The van der Waals surface area contributed by atoms with E-state index in [0.717, 1.165) is 20.8 Å².